The topological polar surface area (TPSA) is 42.9 Å². The van der Waals surface area contributed by atoms with Crippen molar-refractivity contribution in [2.45, 2.75) is 20.8 Å². The molecule has 0 spiro atoms. The number of fused-ring (bicyclic) bond motifs is 1. The minimum absolute atomic E-state index is 0.00229. The van der Waals surface area contributed by atoms with E-state index in [-0.39, 0.29) is 5.78 Å². The van der Waals surface area contributed by atoms with Crippen LogP contribution in [0, 0.1) is 20.8 Å². The fraction of sp³-hybridized carbons (Fsp3) is 0.167. The van der Waals surface area contributed by atoms with Gasteiger partial charge in [0.05, 0.1) is 5.52 Å². The highest BCUT2D eigenvalue weighted by molar-refractivity contribution is 6.11. The second-order valence-corrected chi connectivity index (χ2v) is 5.27. The van der Waals surface area contributed by atoms with Crippen LogP contribution in [0.5, 0.6) is 0 Å². The highest BCUT2D eigenvalue weighted by Gasteiger charge is 2.13. The van der Waals surface area contributed by atoms with Gasteiger partial charge in [0.2, 0.25) is 0 Å². The van der Waals surface area contributed by atoms with E-state index < -0.39 is 0 Å². The van der Waals surface area contributed by atoms with Crippen LogP contribution in [0.2, 0.25) is 0 Å². The second-order valence-electron chi connectivity index (χ2n) is 5.27. The molecule has 0 N–H and O–H groups in total. The van der Waals surface area contributed by atoms with Crippen LogP contribution >= 0.6 is 0 Å². The van der Waals surface area contributed by atoms with E-state index in [9.17, 15) is 4.79 Å². The molecule has 0 saturated carbocycles. The Hall–Kier alpha value is -2.55. The standard InChI is InChI=1S/C18H16N2O/c1-11-5-8-16(13(3)19-11)18(21)15-7-9-17-14(10-15)6-4-12(2)20-17/h4-10H,1-3H3. The number of aromatic nitrogens is 2. The van der Waals surface area contributed by atoms with E-state index in [1.807, 2.05) is 63.2 Å². The number of benzene rings is 1. The van der Waals surface area contributed by atoms with Crippen molar-refractivity contribution in [2.75, 3.05) is 0 Å². The molecular weight excluding hydrogens is 260 g/mol. The Morgan fingerprint density at radius 2 is 1.57 bits per heavy atom. The van der Waals surface area contributed by atoms with Gasteiger partial charge in [-0.1, -0.05) is 6.07 Å². The number of aryl methyl sites for hydroxylation is 3. The van der Waals surface area contributed by atoms with E-state index in [0.717, 1.165) is 28.0 Å². The van der Waals surface area contributed by atoms with Crippen LogP contribution in [0.15, 0.2) is 42.5 Å². The summed E-state index contributed by atoms with van der Waals surface area (Å²) in [4.78, 5) is 21.4. The SMILES string of the molecule is Cc1ccc(C(=O)c2ccc3nc(C)ccc3c2)c(C)n1. The molecule has 0 amide bonds. The normalized spacial score (nSPS) is 10.8. The van der Waals surface area contributed by atoms with Gasteiger partial charge in [0.1, 0.15) is 0 Å². The van der Waals surface area contributed by atoms with Crippen LogP contribution in [-0.4, -0.2) is 15.8 Å². The van der Waals surface area contributed by atoms with Gasteiger partial charge in [0.25, 0.3) is 0 Å². The highest BCUT2D eigenvalue weighted by Crippen LogP contribution is 2.19. The summed E-state index contributed by atoms with van der Waals surface area (Å²) in [6.07, 6.45) is 0. The number of ketones is 1. The Balaban J connectivity index is 2.07. The molecule has 0 fully saturated rings. The van der Waals surface area contributed by atoms with Crippen LogP contribution in [-0.2, 0) is 0 Å². The van der Waals surface area contributed by atoms with Crippen molar-refractivity contribution in [3.05, 3.63) is 70.7 Å². The van der Waals surface area contributed by atoms with Crippen molar-refractivity contribution in [2.24, 2.45) is 0 Å². The van der Waals surface area contributed by atoms with E-state index in [4.69, 9.17) is 0 Å². The number of carbonyl (C=O) groups is 1. The summed E-state index contributed by atoms with van der Waals surface area (Å²) < 4.78 is 0. The van der Waals surface area contributed by atoms with E-state index >= 15 is 0 Å². The molecule has 0 aliphatic rings. The lowest BCUT2D eigenvalue weighted by atomic mass is 10.00. The van der Waals surface area contributed by atoms with Gasteiger partial charge in [0, 0.05) is 33.6 Å². The third-order valence-corrected chi connectivity index (χ3v) is 3.56. The average molecular weight is 276 g/mol. The maximum absolute atomic E-state index is 12.6. The van der Waals surface area contributed by atoms with Gasteiger partial charge < -0.3 is 0 Å². The molecule has 3 heteroatoms. The van der Waals surface area contributed by atoms with Crippen molar-refractivity contribution in [3.63, 3.8) is 0 Å². The first-order valence-electron chi connectivity index (χ1n) is 6.91. The van der Waals surface area contributed by atoms with Crippen LogP contribution < -0.4 is 0 Å². The minimum atomic E-state index is 0.00229. The van der Waals surface area contributed by atoms with Crippen molar-refractivity contribution < 1.29 is 4.79 Å². The van der Waals surface area contributed by atoms with Crippen molar-refractivity contribution in [1.29, 1.82) is 0 Å². The molecule has 0 aliphatic carbocycles. The summed E-state index contributed by atoms with van der Waals surface area (Å²) in [7, 11) is 0. The lowest BCUT2D eigenvalue weighted by Gasteiger charge is -2.06. The third kappa shape index (κ3) is 2.55. The number of carbonyl (C=O) groups excluding carboxylic acids is 1. The van der Waals surface area contributed by atoms with E-state index in [0.29, 0.717) is 11.1 Å². The van der Waals surface area contributed by atoms with Crippen molar-refractivity contribution >= 4 is 16.7 Å². The summed E-state index contributed by atoms with van der Waals surface area (Å²) in [5.74, 6) is 0.00229. The Morgan fingerprint density at radius 1 is 0.857 bits per heavy atom. The Morgan fingerprint density at radius 3 is 2.33 bits per heavy atom. The molecule has 3 rings (SSSR count). The molecule has 2 aromatic heterocycles. The summed E-state index contributed by atoms with van der Waals surface area (Å²) in [5.41, 5.74) is 4.89. The largest absolute Gasteiger partial charge is 0.289 e. The molecule has 0 aliphatic heterocycles. The molecule has 0 radical (unpaired) electrons. The predicted molar refractivity (Wildman–Crippen MR) is 83.6 cm³/mol. The molecule has 104 valence electrons. The zero-order chi connectivity index (χ0) is 15.0. The molecular formula is C18H16N2O. The molecule has 2 heterocycles. The van der Waals surface area contributed by atoms with E-state index in [1.165, 1.54) is 0 Å². The third-order valence-electron chi connectivity index (χ3n) is 3.56. The fourth-order valence-electron chi connectivity index (χ4n) is 2.45. The molecule has 0 bridgehead atoms. The van der Waals surface area contributed by atoms with Gasteiger partial charge in [-0.25, -0.2) is 0 Å². The summed E-state index contributed by atoms with van der Waals surface area (Å²) in [6.45, 7) is 5.75. The first-order valence-corrected chi connectivity index (χ1v) is 6.91. The summed E-state index contributed by atoms with van der Waals surface area (Å²) in [6, 6.07) is 13.3. The number of hydrogen-bond donors (Lipinski definition) is 0. The van der Waals surface area contributed by atoms with Crippen molar-refractivity contribution in [1.82, 2.24) is 9.97 Å². The minimum Gasteiger partial charge on any atom is -0.289 e. The Bertz CT molecular complexity index is 853. The van der Waals surface area contributed by atoms with Gasteiger partial charge >= 0.3 is 0 Å². The zero-order valence-electron chi connectivity index (χ0n) is 12.3. The molecule has 0 unspecified atom stereocenters. The Labute approximate surface area is 123 Å². The number of hydrogen-bond acceptors (Lipinski definition) is 3. The molecule has 1 aromatic carbocycles. The smallest absolute Gasteiger partial charge is 0.194 e. The van der Waals surface area contributed by atoms with Crippen molar-refractivity contribution in [3.8, 4) is 0 Å². The highest BCUT2D eigenvalue weighted by atomic mass is 16.1. The van der Waals surface area contributed by atoms with Gasteiger partial charge in [-0.2, -0.15) is 0 Å². The lowest BCUT2D eigenvalue weighted by molar-refractivity contribution is 0.103. The molecule has 3 aromatic rings. The van der Waals surface area contributed by atoms with Crippen LogP contribution in [0.4, 0.5) is 0 Å². The first-order chi connectivity index (χ1) is 10.0. The maximum atomic E-state index is 12.6. The number of rotatable bonds is 2. The molecule has 3 nitrogen and oxygen atoms in total. The van der Waals surface area contributed by atoms with E-state index in [2.05, 4.69) is 9.97 Å². The average Bonchev–Trinajstić information content (AvgIpc) is 2.46. The van der Waals surface area contributed by atoms with E-state index in [1.54, 1.807) is 0 Å². The molecule has 0 saturated heterocycles. The second kappa shape index (κ2) is 5.09. The van der Waals surface area contributed by atoms with Gasteiger partial charge in [-0.15, -0.1) is 0 Å². The van der Waals surface area contributed by atoms with Crippen LogP contribution in [0.1, 0.15) is 33.0 Å². The number of nitrogens with zero attached hydrogens (tertiary/aromatic N) is 2. The molecule has 21 heavy (non-hydrogen) atoms. The Kier molecular flexibility index (Phi) is 3.26. The van der Waals surface area contributed by atoms with Gasteiger partial charge in [-0.3, -0.25) is 14.8 Å². The van der Waals surface area contributed by atoms with Crippen LogP contribution in [0.25, 0.3) is 10.9 Å². The monoisotopic (exact) mass is 276 g/mol. The first kappa shape index (κ1) is 13.4. The fourth-order valence-corrected chi connectivity index (χ4v) is 2.45. The van der Waals surface area contributed by atoms with Gasteiger partial charge in [0.15, 0.2) is 5.78 Å². The predicted octanol–water partition coefficient (Wildman–Crippen LogP) is 3.79. The summed E-state index contributed by atoms with van der Waals surface area (Å²) >= 11 is 0. The van der Waals surface area contributed by atoms with Crippen LogP contribution in [0.3, 0.4) is 0 Å². The molecule has 0 atom stereocenters. The quantitative estimate of drug-likeness (QED) is 0.669. The number of pyridine rings is 2. The summed E-state index contributed by atoms with van der Waals surface area (Å²) in [5, 5.41) is 0.976. The zero-order valence-corrected chi connectivity index (χ0v) is 12.3. The maximum Gasteiger partial charge on any atom is 0.194 e. The van der Waals surface area contributed by atoms with Gasteiger partial charge in [-0.05, 0) is 57.2 Å². The lowest BCUT2D eigenvalue weighted by Crippen LogP contribution is -2.05.